The Morgan fingerprint density at radius 2 is 2.38 bits per heavy atom. The molecule has 1 rings (SSSR count). The highest BCUT2D eigenvalue weighted by molar-refractivity contribution is 5.05. The third kappa shape index (κ3) is 3.05. The van der Waals surface area contributed by atoms with Gasteiger partial charge in [0.2, 0.25) is 0 Å². The molecule has 0 aromatic carbocycles. The monoisotopic (exact) mass is 221 g/mol. The molecule has 0 aliphatic heterocycles. The first-order valence-electron chi connectivity index (χ1n) is 5.25. The van der Waals surface area contributed by atoms with Gasteiger partial charge in [-0.25, -0.2) is 4.98 Å². The SMILES string of the molecule is CNC(C)(C#N)CN(C)Cc1nccn1C. The Balaban J connectivity index is 2.58. The van der Waals surface area contributed by atoms with E-state index in [1.807, 2.05) is 31.8 Å². The quantitative estimate of drug-likeness (QED) is 0.779. The van der Waals surface area contributed by atoms with Gasteiger partial charge in [0, 0.05) is 26.0 Å². The second-order valence-corrected chi connectivity index (χ2v) is 4.32. The van der Waals surface area contributed by atoms with Crippen LogP contribution in [0, 0.1) is 11.3 Å². The highest BCUT2D eigenvalue weighted by atomic mass is 15.2. The molecule has 0 radical (unpaired) electrons. The largest absolute Gasteiger partial charge is 0.337 e. The van der Waals surface area contributed by atoms with E-state index in [9.17, 15) is 0 Å². The van der Waals surface area contributed by atoms with Crippen LogP contribution in [0.1, 0.15) is 12.7 Å². The molecule has 0 fully saturated rings. The average Bonchev–Trinajstić information content (AvgIpc) is 2.64. The van der Waals surface area contributed by atoms with Gasteiger partial charge < -0.3 is 9.88 Å². The van der Waals surface area contributed by atoms with E-state index in [2.05, 4.69) is 21.3 Å². The molecular formula is C11H19N5. The molecule has 1 N–H and O–H groups in total. The van der Waals surface area contributed by atoms with Crippen molar-refractivity contribution < 1.29 is 0 Å². The van der Waals surface area contributed by atoms with E-state index < -0.39 is 5.54 Å². The maximum atomic E-state index is 9.05. The van der Waals surface area contributed by atoms with Gasteiger partial charge in [-0.1, -0.05) is 0 Å². The Bertz CT molecular complexity index is 378. The number of aryl methyl sites for hydroxylation is 1. The Morgan fingerprint density at radius 1 is 1.69 bits per heavy atom. The van der Waals surface area contributed by atoms with Gasteiger partial charge in [0.05, 0.1) is 12.6 Å². The predicted molar refractivity (Wildman–Crippen MR) is 62.6 cm³/mol. The molecule has 0 aliphatic carbocycles. The number of nitrogens with one attached hydrogen (secondary N) is 1. The lowest BCUT2D eigenvalue weighted by atomic mass is 10.1. The first-order chi connectivity index (χ1) is 7.50. The van der Waals surface area contributed by atoms with E-state index in [0.717, 1.165) is 12.4 Å². The van der Waals surface area contributed by atoms with Crippen molar-refractivity contribution in [2.24, 2.45) is 7.05 Å². The van der Waals surface area contributed by atoms with Gasteiger partial charge in [-0.2, -0.15) is 5.26 Å². The Labute approximate surface area is 96.7 Å². The highest BCUT2D eigenvalue weighted by Gasteiger charge is 2.23. The zero-order valence-corrected chi connectivity index (χ0v) is 10.4. The highest BCUT2D eigenvalue weighted by Crippen LogP contribution is 2.06. The molecule has 0 spiro atoms. The van der Waals surface area contributed by atoms with Crippen LogP contribution in [-0.2, 0) is 13.6 Å². The van der Waals surface area contributed by atoms with Crippen molar-refractivity contribution >= 4 is 0 Å². The number of aromatic nitrogens is 2. The number of nitrogens with zero attached hydrogens (tertiary/aromatic N) is 4. The standard InChI is InChI=1S/C11H19N5/c1-11(8-12,13-2)9-15(3)7-10-14-5-6-16(10)4/h5-6,13H,7,9H2,1-4H3. The lowest BCUT2D eigenvalue weighted by Crippen LogP contribution is -2.47. The first kappa shape index (κ1) is 12.7. The Morgan fingerprint density at radius 3 is 2.81 bits per heavy atom. The van der Waals surface area contributed by atoms with Crippen molar-refractivity contribution in [1.82, 2.24) is 19.8 Å². The number of hydrogen-bond donors (Lipinski definition) is 1. The summed E-state index contributed by atoms with van der Waals surface area (Å²) in [4.78, 5) is 6.34. The fraction of sp³-hybridized carbons (Fsp3) is 0.636. The van der Waals surface area contributed by atoms with E-state index in [1.54, 1.807) is 13.2 Å². The van der Waals surface area contributed by atoms with Crippen LogP contribution in [0.4, 0.5) is 0 Å². The minimum absolute atomic E-state index is 0.514. The van der Waals surface area contributed by atoms with E-state index >= 15 is 0 Å². The van der Waals surface area contributed by atoms with Gasteiger partial charge >= 0.3 is 0 Å². The van der Waals surface area contributed by atoms with Gasteiger partial charge in [-0.15, -0.1) is 0 Å². The summed E-state index contributed by atoms with van der Waals surface area (Å²) < 4.78 is 1.99. The summed E-state index contributed by atoms with van der Waals surface area (Å²) >= 11 is 0. The Hall–Kier alpha value is -1.38. The lowest BCUT2D eigenvalue weighted by Gasteiger charge is -2.27. The second-order valence-electron chi connectivity index (χ2n) is 4.32. The third-order valence-corrected chi connectivity index (χ3v) is 2.72. The van der Waals surface area contributed by atoms with Crippen molar-refractivity contribution in [2.45, 2.75) is 19.0 Å². The van der Waals surface area contributed by atoms with E-state index in [-0.39, 0.29) is 0 Å². The summed E-state index contributed by atoms with van der Waals surface area (Å²) in [6, 6.07) is 2.27. The molecule has 0 saturated heterocycles. The summed E-state index contributed by atoms with van der Waals surface area (Å²) in [5.74, 6) is 0.999. The summed E-state index contributed by atoms with van der Waals surface area (Å²) in [6.45, 7) is 3.29. The summed E-state index contributed by atoms with van der Waals surface area (Å²) in [5.41, 5.74) is -0.514. The zero-order chi connectivity index (χ0) is 12.2. The number of imidazole rings is 1. The van der Waals surface area contributed by atoms with Gasteiger partial charge in [0.15, 0.2) is 0 Å². The van der Waals surface area contributed by atoms with E-state index in [4.69, 9.17) is 5.26 Å². The number of nitriles is 1. The Kier molecular flexibility index (Phi) is 4.05. The zero-order valence-electron chi connectivity index (χ0n) is 10.4. The van der Waals surface area contributed by atoms with Crippen LogP contribution in [0.15, 0.2) is 12.4 Å². The maximum absolute atomic E-state index is 9.05. The molecule has 0 saturated carbocycles. The summed E-state index contributed by atoms with van der Waals surface area (Å²) in [7, 11) is 5.76. The smallest absolute Gasteiger partial charge is 0.122 e. The van der Waals surface area contributed by atoms with Crippen molar-refractivity contribution in [1.29, 1.82) is 5.26 Å². The van der Waals surface area contributed by atoms with Crippen LogP contribution in [0.2, 0.25) is 0 Å². The number of rotatable bonds is 5. The number of hydrogen-bond acceptors (Lipinski definition) is 4. The maximum Gasteiger partial charge on any atom is 0.122 e. The van der Waals surface area contributed by atoms with Crippen LogP contribution in [0.5, 0.6) is 0 Å². The first-order valence-corrected chi connectivity index (χ1v) is 5.25. The molecule has 1 aromatic heterocycles. The van der Waals surface area contributed by atoms with E-state index in [0.29, 0.717) is 6.54 Å². The molecular weight excluding hydrogens is 202 g/mol. The van der Waals surface area contributed by atoms with Crippen LogP contribution in [0.25, 0.3) is 0 Å². The van der Waals surface area contributed by atoms with Gasteiger partial charge in [-0.05, 0) is 21.0 Å². The molecule has 5 nitrogen and oxygen atoms in total. The molecule has 0 amide bonds. The molecule has 1 atom stereocenters. The second kappa shape index (κ2) is 5.10. The van der Waals surface area contributed by atoms with Crippen LogP contribution < -0.4 is 5.32 Å². The fourth-order valence-corrected chi connectivity index (χ4v) is 1.56. The molecule has 0 bridgehead atoms. The molecule has 16 heavy (non-hydrogen) atoms. The van der Waals surface area contributed by atoms with Crippen LogP contribution >= 0.6 is 0 Å². The molecule has 5 heteroatoms. The number of likely N-dealkylation sites (N-methyl/N-ethyl adjacent to an activating group) is 2. The van der Waals surface area contributed by atoms with Crippen molar-refractivity contribution in [3.05, 3.63) is 18.2 Å². The third-order valence-electron chi connectivity index (χ3n) is 2.72. The van der Waals surface area contributed by atoms with Crippen molar-refractivity contribution in [3.8, 4) is 6.07 Å². The van der Waals surface area contributed by atoms with Crippen molar-refractivity contribution in [3.63, 3.8) is 0 Å². The normalized spacial score (nSPS) is 14.8. The molecule has 0 aliphatic rings. The van der Waals surface area contributed by atoms with E-state index in [1.165, 1.54) is 0 Å². The summed E-state index contributed by atoms with van der Waals surface area (Å²) in [5, 5.41) is 12.1. The van der Waals surface area contributed by atoms with Crippen LogP contribution in [-0.4, -0.2) is 40.6 Å². The topological polar surface area (TPSA) is 56.9 Å². The lowest BCUT2D eigenvalue weighted by molar-refractivity contribution is 0.254. The van der Waals surface area contributed by atoms with Crippen molar-refractivity contribution in [2.75, 3.05) is 20.6 Å². The molecule has 88 valence electrons. The molecule has 1 aromatic rings. The predicted octanol–water partition coefficient (Wildman–Crippen LogP) is 0.354. The van der Waals surface area contributed by atoms with Gasteiger partial charge in [0.25, 0.3) is 0 Å². The summed E-state index contributed by atoms with van der Waals surface area (Å²) in [6.07, 6.45) is 3.70. The fourth-order valence-electron chi connectivity index (χ4n) is 1.56. The van der Waals surface area contributed by atoms with Gasteiger partial charge in [0.1, 0.15) is 11.4 Å². The van der Waals surface area contributed by atoms with Crippen LogP contribution in [0.3, 0.4) is 0 Å². The van der Waals surface area contributed by atoms with Gasteiger partial charge in [-0.3, -0.25) is 4.90 Å². The molecule has 1 unspecified atom stereocenters. The molecule has 1 heterocycles. The minimum Gasteiger partial charge on any atom is -0.337 e. The minimum atomic E-state index is -0.514. The average molecular weight is 221 g/mol.